The van der Waals surface area contributed by atoms with Crippen molar-refractivity contribution in [2.75, 3.05) is 33.4 Å². The van der Waals surface area contributed by atoms with Crippen LogP contribution in [0.2, 0.25) is 0 Å². The summed E-state index contributed by atoms with van der Waals surface area (Å²) in [5.41, 5.74) is 0.571. The SMILES string of the molecule is COc1cc(C(=O)N2CCNC(C)C2C)cc2c1OCCO2.Cl. The largest absolute Gasteiger partial charge is 0.493 e. The van der Waals surface area contributed by atoms with E-state index in [1.807, 2.05) is 4.90 Å². The monoisotopic (exact) mass is 342 g/mol. The molecule has 1 amide bonds. The van der Waals surface area contributed by atoms with Crippen molar-refractivity contribution in [2.45, 2.75) is 25.9 Å². The number of rotatable bonds is 2. The van der Waals surface area contributed by atoms with Crippen LogP contribution in [0.3, 0.4) is 0 Å². The van der Waals surface area contributed by atoms with Gasteiger partial charge in [0.1, 0.15) is 13.2 Å². The number of carbonyl (C=O) groups is 1. The molecular weight excluding hydrogens is 320 g/mol. The zero-order valence-electron chi connectivity index (χ0n) is 13.6. The molecule has 0 radical (unpaired) electrons. The number of amides is 1. The Morgan fingerprint density at radius 3 is 2.78 bits per heavy atom. The van der Waals surface area contributed by atoms with Gasteiger partial charge in [0.05, 0.1) is 7.11 Å². The summed E-state index contributed by atoms with van der Waals surface area (Å²) >= 11 is 0. The predicted octanol–water partition coefficient (Wildman–Crippen LogP) is 1.71. The summed E-state index contributed by atoms with van der Waals surface area (Å²) in [6.07, 6.45) is 0. The number of nitrogens with one attached hydrogen (secondary N) is 1. The third kappa shape index (κ3) is 3.33. The molecule has 2 unspecified atom stereocenters. The van der Waals surface area contributed by atoms with Crippen molar-refractivity contribution >= 4 is 18.3 Å². The van der Waals surface area contributed by atoms with Crippen LogP contribution in [0, 0.1) is 0 Å². The Hall–Kier alpha value is -1.66. The second kappa shape index (κ2) is 7.27. The number of piperazine rings is 1. The molecule has 2 atom stereocenters. The van der Waals surface area contributed by atoms with Gasteiger partial charge in [0.25, 0.3) is 5.91 Å². The minimum absolute atomic E-state index is 0. The normalized spacial score (nSPS) is 23.0. The van der Waals surface area contributed by atoms with Gasteiger partial charge in [-0.25, -0.2) is 0 Å². The van der Waals surface area contributed by atoms with E-state index in [2.05, 4.69) is 19.2 Å². The average Bonchev–Trinajstić information content (AvgIpc) is 2.55. The molecule has 1 saturated heterocycles. The Morgan fingerprint density at radius 2 is 2.04 bits per heavy atom. The standard InChI is InChI=1S/C16H22N2O4.ClH/c1-10-11(2)18(5-4-17-10)16(19)12-8-13(20-3)15-14(9-12)21-6-7-22-15;/h8-11,17H,4-7H2,1-3H3;1H. The van der Waals surface area contributed by atoms with E-state index in [9.17, 15) is 4.79 Å². The molecule has 1 N–H and O–H groups in total. The van der Waals surface area contributed by atoms with Crippen molar-refractivity contribution in [1.29, 1.82) is 0 Å². The fraction of sp³-hybridized carbons (Fsp3) is 0.562. The molecule has 0 bridgehead atoms. The first-order valence-electron chi connectivity index (χ1n) is 7.64. The number of ether oxygens (including phenoxy) is 3. The summed E-state index contributed by atoms with van der Waals surface area (Å²) in [6, 6.07) is 3.89. The second-order valence-corrected chi connectivity index (χ2v) is 5.68. The van der Waals surface area contributed by atoms with E-state index in [-0.39, 0.29) is 30.4 Å². The average molecular weight is 343 g/mol. The number of hydrogen-bond donors (Lipinski definition) is 1. The van der Waals surface area contributed by atoms with Gasteiger partial charge >= 0.3 is 0 Å². The summed E-state index contributed by atoms with van der Waals surface area (Å²) in [7, 11) is 1.57. The van der Waals surface area contributed by atoms with Gasteiger partial charge in [-0.1, -0.05) is 0 Å². The van der Waals surface area contributed by atoms with Crippen LogP contribution in [-0.4, -0.2) is 56.3 Å². The van der Waals surface area contributed by atoms with E-state index < -0.39 is 0 Å². The number of carbonyl (C=O) groups excluding carboxylic acids is 1. The van der Waals surface area contributed by atoms with E-state index in [4.69, 9.17) is 14.2 Å². The van der Waals surface area contributed by atoms with Crippen LogP contribution in [-0.2, 0) is 0 Å². The highest BCUT2D eigenvalue weighted by Crippen LogP contribution is 2.40. The molecule has 3 rings (SSSR count). The Labute approximate surface area is 142 Å². The maximum Gasteiger partial charge on any atom is 0.254 e. The van der Waals surface area contributed by atoms with Gasteiger partial charge in [-0.05, 0) is 26.0 Å². The molecule has 7 heteroatoms. The maximum absolute atomic E-state index is 12.9. The molecule has 0 saturated carbocycles. The lowest BCUT2D eigenvalue weighted by molar-refractivity contribution is 0.0601. The highest BCUT2D eigenvalue weighted by Gasteiger charge is 2.30. The summed E-state index contributed by atoms with van der Waals surface area (Å²) in [5.74, 6) is 1.68. The molecule has 0 aliphatic carbocycles. The smallest absolute Gasteiger partial charge is 0.254 e. The summed E-state index contributed by atoms with van der Waals surface area (Å²) < 4.78 is 16.5. The molecule has 1 aromatic rings. The number of hydrogen-bond acceptors (Lipinski definition) is 5. The van der Waals surface area contributed by atoms with Crippen LogP contribution < -0.4 is 19.5 Å². The van der Waals surface area contributed by atoms with Gasteiger partial charge in [0.15, 0.2) is 11.5 Å². The lowest BCUT2D eigenvalue weighted by Crippen LogP contribution is -2.57. The van der Waals surface area contributed by atoms with Crippen LogP contribution in [0.25, 0.3) is 0 Å². The van der Waals surface area contributed by atoms with Gasteiger partial charge in [-0.2, -0.15) is 0 Å². The van der Waals surface area contributed by atoms with Crippen molar-refractivity contribution < 1.29 is 19.0 Å². The first-order valence-corrected chi connectivity index (χ1v) is 7.64. The zero-order chi connectivity index (χ0) is 15.7. The number of benzene rings is 1. The van der Waals surface area contributed by atoms with Crippen LogP contribution in [0.1, 0.15) is 24.2 Å². The fourth-order valence-electron chi connectivity index (χ4n) is 2.91. The fourth-order valence-corrected chi connectivity index (χ4v) is 2.91. The van der Waals surface area contributed by atoms with E-state index in [1.165, 1.54) is 0 Å². The quantitative estimate of drug-likeness (QED) is 0.886. The highest BCUT2D eigenvalue weighted by molar-refractivity contribution is 5.96. The highest BCUT2D eigenvalue weighted by atomic mass is 35.5. The minimum Gasteiger partial charge on any atom is -0.493 e. The van der Waals surface area contributed by atoms with Gasteiger partial charge < -0.3 is 24.4 Å². The van der Waals surface area contributed by atoms with Crippen LogP contribution in [0.4, 0.5) is 0 Å². The predicted molar refractivity (Wildman–Crippen MR) is 89.2 cm³/mol. The van der Waals surface area contributed by atoms with Gasteiger partial charge in [0, 0.05) is 30.7 Å². The lowest BCUT2D eigenvalue weighted by Gasteiger charge is -2.38. The molecular formula is C16H23ClN2O4. The third-order valence-corrected chi connectivity index (χ3v) is 4.37. The van der Waals surface area contributed by atoms with Crippen LogP contribution in [0.15, 0.2) is 12.1 Å². The molecule has 2 aliphatic rings. The van der Waals surface area contributed by atoms with Crippen LogP contribution in [0.5, 0.6) is 17.2 Å². The molecule has 1 aromatic carbocycles. The van der Waals surface area contributed by atoms with Crippen molar-refractivity contribution in [1.82, 2.24) is 10.2 Å². The van der Waals surface area contributed by atoms with Gasteiger partial charge in [0.2, 0.25) is 5.75 Å². The summed E-state index contributed by atoms with van der Waals surface area (Å²) in [4.78, 5) is 14.8. The topological polar surface area (TPSA) is 60.0 Å². The molecule has 1 fully saturated rings. The summed E-state index contributed by atoms with van der Waals surface area (Å²) in [5, 5.41) is 3.38. The molecule has 6 nitrogen and oxygen atoms in total. The molecule has 0 spiro atoms. The van der Waals surface area contributed by atoms with E-state index >= 15 is 0 Å². The Morgan fingerprint density at radius 1 is 1.30 bits per heavy atom. The zero-order valence-corrected chi connectivity index (χ0v) is 14.4. The summed E-state index contributed by atoms with van der Waals surface area (Å²) in [6.45, 7) is 6.62. The van der Waals surface area contributed by atoms with Crippen molar-refractivity contribution in [3.63, 3.8) is 0 Å². The molecule has 0 aromatic heterocycles. The second-order valence-electron chi connectivity index (χ2n) is 5.68. The van der Waals surface area contributed by atoms with Crippen molar-refractivity contribution in [2.24, 2.45) is 0 Å². The Bertz CT molecular complexity index is 564. The van der Waals surface area contributed by atoms with Gasteiger partial charge in [-0.15, -0.1) is 12.4 Å². The van der Waals surface area contributed by atoms with Crippen molar-refractivity contribution in [3.8, 4) is 17.2 Å². The van der Waals surface area contributed by atoms with Crippen LogP contribution >= 0.6 is 12.4 Å². The molecule has 2 heterocycles. The molecule has 23 heavy (non-hydrogen) atoms. The van der Waals surface area contributed by atoms with E-state index in [0.29, 0.717) is 42.6 Å². The number of methoxy groups -OCH3 is 1. The van der Waals surface area contributed by atoms with Gasteiger partial charge in [-0.3, -0.25) is 4.79 Å². The van der Waals surface area contributed by atoms with E-state index in [1.54, 1.807) is 19.2 Å². The molecule has 2 aliphatic heterocycles. The first-order chi connectivity index (χ1) is 10.6. The van der Waals surface area contributed by atoms with Crippen molar-refractivity contribution in [3.05, 3.63) is 17.7 Å². The number of fused-ring (bicyclic) bond motifs is 1. The number of halogens is 1. The Kier molecular flexibility index (Phi) is 5.59. The lowest BCUT2D eigenvalue weighted by atomic mass is 10.0. The third-order valence-electron chi connectivity index (χ3n) is 4.37. The van der Waals surface area contributed by atoms with E-state index in [0.717, 1.165) is 6.54 Å². The minimum atomic E-state index is -0.00359. The first kappa shape index (κ1) is 17.7. The maximum atomic E-state index is 12.9. The number of nitrogens with zero attached hydrogens (tertiary/aromatic N) is 1. The molecule has 128 valence electrons. The Balaban J connectivity index is 0.00000192.